The Labute approximate surface area is 158 Å². The molecule has 10 heteroatoms. The summed E-state index contributed by atoms with van der Waals surface area (Å²) in [6, 6.07) is 2.03. The van der Waals surface area contributed by atoms with Gasteiger partial charge in [0.2, 0.25) is 5.91 Å². The molecule has 3 aliphatic rings. The molecule has 0 bridgehead atoms. The van der Waals surface area contributed by atoms with Crippen molar-refractivity contribution in [2.45, 2.75) is 30.7 Å². The van der Waals surface area contributed by atoms with E-state index >= 15 is 0 Å². The Bertz CT molecular complexity index is 795. The smallest absolute Gasteiger partial charge is 0.366 e. The van der Waals surface area contributed by atoms with Crippen molar-refractivity contribution >= 4 is 11.9 Å². The third-order valence-corrected chi connectivity index (χ3v) is 5.51. The van der Waals surface area contributed by atoms with Crippen LogP contribution in [-0.4, -0.2) is 66.7 Å². The number of rotatable bonds is 1. The van der Waals surface area contributed by atoms with Crippen LogP contribution in [0.2, 0.25) is 0 Å². The Morgan fingerprint density at radius 1 is 1.18 bits per heavy atom. The first kappa shape index (κ1) is 19.0. The Kier molecular flexibility index (Phi) is 4.68. The van der Waals surface area contributed by atoms with E-state index in [1.165, 1.54) is 4.90 Å². The SMILES string of the molecule is O=C1COC2CCN(C(=O)N3CC(c4ccc(C(F)(F)F)cc4F)C3)C[C@H]2N1. The maximum Gasteiger partial charge on any atom is 0.416 e. The molecule has 0 aliphatic carbocycles. The minimum atomic E-state index is -4.59. The number of carbonyl (C=O) groups excluding carboxylic acids is 2. The van der Waals surface area contributed by atoms with E-state index in [1.54, 1.807) is 4.90 Å². The second-order valence-corrected chi connectivity index (χ2v) is 7.38. The topological polar surface area (TPSA) is 61.9 Å². The van der Waals surface area contributed by atoms with E-state index in [4.69, 9.17) is 4.74 Å². The van der Waals surface area contributed by atoms with E-state index < -0.39 is 17.6 Å². The summed E-state index contributed by atoms with van der Waals surface area (Å²) < 4.78 is 57.5. The van der Waals surface area contributed by atoms with Crippen LogP contribution in [0.25, 0.3) is 0 Å². The number of hydrogen-bond donors (Lipinski definition) is 1. The van der Waals surface area contributed by atoms with Crippen molar-refractivity contribution in [3.63, 3.8) is 0 Å². The highest BCUT2D eigenvalue weighted by molar-refractivity contribution is 5.79. The summed E-state index contributed by atoms with van der Waals surface area (Å²) in [7, 11) is 0. The molecule has 1 aromatic rings. The monoisotopic (exact) mass is 401 g/mol. The van der Waals surface area contributed by atoms with E-state index in [2.05, 4.69) is 5.32 Å². The van der Waals surface area contributed by atoms with Gasteiger partial charge in [0.25, 0.3) is 0 Å². The van der Waals surface area contributed by atoms with Gasteiger partial charge in [0.1, 0.15) is 12.4 Å². The van der Waals surface area contributed by atoms with Gasteiger partial charge < -0.3 is 19.9 Å². The molecule has 3 fully saturated rings. The van der Waals surface area contributed by atoms with Crippen LogP contribution in [0.3, 0.4) is 0 Å². The molecular formula is C18H19F4N3O3. The lowest BCUT2D eigenvalue weighted by molar-refractivity contribution is -0.140. The van der Waals surface area contributed by atoms with Gasteiger partial charge in [-0.2, -0.15) is 13.2 Å². The fraction of sp³-hybridized carbons (Fsp3) is 0.556. The Hall–Kier alpha value is -2.36. The number of morpholine rings is 1. The minimum Gasteiger partial charge on any atom is -0.366 e. The number of amides is 3. The zero-order valence-electron chi connectivity index (χ0n) is 14.8. The van der Waals surface area contributed by atoms with Gasteiger partial charge in [-0.15, -0.1) is 0 Å². The first-order chi connectivity index (χ1) is 13.2. The van der Waals surface area contributed by atoms with Crippen LogP contribution in [0.15, 0.2) is 18.2 Å². The Morgan fingerprint density at radius 2 is 1.93 bits per heavy atom. The number of piperidine rings is 1. The number of fused-ring (bicyclic) bond motifs is 1. The molecule has 1 N–H and O–H groups in total. The minimum absolute atomic E-state index is 0.0294. The highest BCUT2D eigenvalue weighted by atomic mass is 19.4. The van der Waals surface area contributed by atoms with Gasteiger partial charge in [-0.3, -0.25) is 4.79 Å². The molecule has 3 heterocycles. The van der Waals surface area contributed by atoms with Crippen molar-refractivity contribution in [1.82, 2.24) is 15.1 Å². The quantitative estimate of drug-likeness (QED) is 0.732. The lowest BCUT2D eigenvalue weighted by atomic mass is 9.90. The van der Waals surface area contributed by atoms with Crippen molar-refractivity contribution in [2.24, 2.45) is 0 Å². The summed E-state index contributed by atoms with van der Waals surface area (Å²) in [5.74, 6) is -1.45. The normalized spacial score (nSPS) is 25.8. The van der Waals surface area contributed by atoms with E-state index in [9.17, 15) is 27.2 Å². The molecule has 3 saturated heterocycles. The number of carbonyl (C=O) groups is 2. The Morgan fingerprint density at radius 3 is 2.61 bits per heavy atom. The number of alkyl halides is 3. The fourth-order valence-electron chi connectivity index (χ4n) is 3.94. The van der Waals surface area contributed by atoms with Crippen molar-refractivity contribution in [3.8, 4) is 0 Å². The summed E-state index contributed by atoms with van der Waals surface area (Å²) in [4.78, 5) is 27.3. The van der Waals surface area contributed by atoms with Crippen LogP contribution in [0.1, 0.15) is 23.5 Å². The average molecular weight is 401 g/mol. The largest absolute Gasteiger partial charge is 0.416 e. The van der Waals surface area contributed by atoms with Crippen LogP contribution < -0.4 is 5.32 Å². The third-order valence-electron chi connectivity index (χ3n) is 5.51. The number of likely N-dealkylation sites (tertiary alicyclic amines) is 2. The van der Waals surface area contributed by atoms with E-state index in [1.807, 2.05) is 0 Å². The molecule has 6 nitrogen and oxygen atoms in total. The molecule has 28 heavy (non-hydrogen) atoms. The molecule has 0 aromatic heterocycles. The number of nitrogens with one attached hydrogen (secondary N) is 1. The molecule has 3 aliphatic heterocycles. The number of halogens is 4. The molecule has 0 spiro atoms. The number of urea groups is 1. The summed E-state index contributed by atoms with van der Waals surface area (Å²) in [6.07, 6.45) is -4.08. The number of benzene rings is 1. The molecule has 0 saturated carbocycles. The highest BCUT2D eigenvalue weighted by Gasteiger charge is 2.41. The second-order valence-electron chi connectivity index (χ2n) is 7.38. The predicted molar refractivity (Wildman–Crippen MR) is 89.0 cm³/mol. The van der Waals surface area contributed by atoms with Crippen LogP contribution in [-0.2, 0) is 15.7 Å². The van der Waals surface area contributed by atoms with Crippen molar-refractivity contribution in [3.05, 3.63) is 35.1 Å². The number of hydrogen-bond acceptors (Lipinski definition) is 3. The van der Waals surface area contributed by atoms with Gasteiger partial charge >= 0.3 is 12.2 Å². The fourth-order valence-corrected chi connectivity index (χ4v) is 3.94. The number of nitrogens with zero attached hydrogens (tertiary/aromatic N) is 2. The predicted octanol–water partition coefficient (Wildman–Crippen LogP) is 1.95. The summed E-state index contributed by atoms with van der Waals surface area (Å²) in [6.45, 7) is 1.35. The number of ether oxygens (including phenoxy) is 1. The summed E-state index contributed by atoms with van der Waals surface area (Å²) in [5.41, 5.74) is -0.843. The molecule has 4 rings (SSSR count). The van der Waals surface area contributed by atoms with Crippen molar-refractivity contribution in [1.29, 1.82) is 0 Å². The van der Waals surface area contributed by atoms with Crippen LogP contribution >= 0.6 is 0 Å². The van der Waals surface area contributed by atoms with E-state index in [-0.39, 0.29) is 55.3 Å². The van der Waals surface area contributed by atoms with E-state index in [0.717, 1.165) is 12.1 Å². The highest BCUT2D eigenvalue weighted by Crippen LogP contribution is 2.35. The molecule has 1 aromatic carbocycles. The second kappa shape index (κ2) is 6.91. The van der Waals surface area contributed by atoms with Gasteiger partial charge in [-0.1, -0.05) is 6.07 Å². The van der Waals surface area contributed by atoms with Gasteiger partial charge in [0.15, 0.2) is 0 Å². The lowest BCUT2D eigenvalue weighted by Crippen LogP contribution is -2.63. The first-order valence-electron chi connectivity index (χ1n) is 9.04. The van der Waals surface area contributed by atoms with Crippen molar-refractivity contribution < 1.29 is 31.9 Å². The standard InChI is InChI=1S/C18H19F4N3O3/c19-13-5-11(18(20,21)22)1-2-12(13)10-6-25(7-10)17(27)24-4-3-15-14(8-24)23-16(26)9-28-15/h1-2,5,10,14-15H,3-4,6-9H2,(H,23,26)/t14-,15?/m1/s1. The molecule has 3 amide bonds. The van der Waals surface area contributed by atoms with Crippen LogP contribution in [0.5, 0.6) is 0 Å². The molecule has 2 atom stereocenters. The third kappa shape index (κ3) is 3.52. The zero-order chi connectivity index (χ0) is 20.1. The average Bonchev–Trinajstić information content (AvgIpc) is 2.60. The van der Waals surface area contributed by atoms with E-state index in [0.29, 0.717) is 25.6 Å². The maximum atomic E-state index is 14.1. The summed E-state index contributed by atoms with van der Waals surface area (Å²) in [5, 5.41) is 2.82. The van der Waals surface area contributed by atoms with Gasteiger partial charge in [0, 0.05) is 32.1 Å². The Balaban J connectivity index is 1.35. The zero-order valence-corrected chi connectivity index (χ0v) is 14.8. The maximum absolute atomic E-state index is 14.1. The first-order valence-corrected chi connectivity index (χ1v) is 9.04. The van der Waals surface area contributed by atoms with Gasteiger partial charge in [0.05, 0.1) is 17.7 Å². The molecular weight excluding hydrogens is 382 g/mol. The lowest BCUT2D eigenvalue weighted by Gasteiger charge is -2.46. The summed E-state index contributed by atoms with van der Waals surface area (Å²) >= 11 is 0. The molecule has 1 unspecified atom stereocenters. The van der Waals surface area contributed by atoms with Crippen LogP contribution in [0, 0.1) is 5.82 Å². The van der Waals surface area contributed by atoms with Gasteiger partial charge in [-0.05, 0) is 24.1 Å². The van der Waals surface area contributed by atoms with Gasteiger partial charge in [-0.25, -0.2) is 9.18 Å². The van der Waals surface area contributed by atoms with Crippen LogP contribution in [0.4, 0.5) is 22.4 Å². The molecule has 152 valence electrons. The van der Waals surface area contributed by atoms with Crippen molar-refractivity contribution in [2.75, 3.05) is 32.8 Å². The molecule has 0 radical (unpaired) electrons.